The van der Waals surface area contributed by atoms with E-state index in [2.05, 4.69) is 5.32 Å². The van der Waals surface area contributed by atoms with E-state index in [0.717, 1.165) is 0 Å². The third-order valence-electron chi connectivity index (χ3n) is 4.03. The summed E-state index contributed by atoms with van der Waals surface area (Å²) in [6.45, 7) is 0.258. The van der Waals surface area contributed by atoms with Crippen LogP contribution in [0.25, 0.3) is 0 Å². The summed E-state index contributed by atoms with van der Waals surface area (Å²) in [7, 11) is 0. The normalized spacial score (nSPS) is 11.7. The zero-order valence-electron chi connectivity index (χ0n) is 14.6. The Morgan fingerprint density at radius 2 is 1.52 bits per heavy atom. The van der Waals surface area contributed by atoms with Gasteiger partial charge in [0.05, 0.1) is 25.3 Å². The first-order valence-electron chi connectivity index (χ1n) is 8.57. The lowest BCUT2D eigenvalue weighted by atomic mass is 10.1. The predicted molar refractivity (Wildman–Crippen MR) is 102 cm³/mol. The van der Waals surface area contributed by atoms with Crippen molar-refractivity contribution >= 4 is 23.3 Å². The fourth-order valence-corrected chi connectivity index (χ4v) is 2.77. The number of hydrogen-bond acceptors (Lipinski definition) is 4. The van der Waals surface area contributed by atoms with Crippen molar-refractivity contribution in [1.29, 1.82) is 0 Å². The van der Waals surface area contributed by atoms with Gasteiger partial charge >= 0.3 is 5.97 Å². The van der Waals surface area contributed by atoms with E-state index >= 15 is 0 Å². The van der Waals surface area contributed by atoms with Crippen molar-refractivity contribution in [3.05, 3.63) is 84.8 Å². The van der Waals surface area contributed by atoms with Crippen molar-refractivity contribution in [2.24, 2.45) is 0 Å². The molecule has 0 saturated heterocycles. The van der Waals surface area contributed by atoms with Gasteiger partial charge in [0, 0.05) is 11.4 Å². The summed E-state index contributed by atoms with van der Waals surface area (Å²) >= 11 is 0. The Balaban J connectivity index is 1.90. The minimum absolute atomic E-state index is 0.258. The van der Waals surface area contributed by atoms with E-state index in [-0.39, 0.29) is 18.9 Å². The number of carbonyl (C=O) groups excluding carboxylic acids is 1. The highest BCUT2D eigenvalue weighted by Gasteiger charge is 2.28. The molecular formula is C21H20N2O4. The van der Waals surface area contributed by atoms with Crippen LogP contribution in [0.4, 0.5) is 11.4 Å². The third-order valence-corrected chi connectivity index (χ3v) is 4.03. The Hall–Kier alpha value is -3.38. The Bertz CT molecular complexity index is 824. The molecule has 0 aliphatic carbocycles. The maximum atomic E-state index is 13.3. The molecule has 27 heavy (non-hydrogen) atoms. The van der Waals surface area contributed by atoms with E-state index in [1.807, 2.05) is 60.7 Å². The third kappa shape index (κ3) is 4.83. The maximum absolute atomic E-state index is 13.3. The van der Waals surface area contributed by atoms with Crippen molar-refractivity contribution < 1.29 is 19.1 Å². The van der Waals surface area contributed by atoms with Gasteiger partial charge in [-0.15, -0.1) is 0 Å². The van der Waals surface area contributed by atoms with Gasteiger partial charge in [0.15, 0.2) is 0 Å². The summed E-state index contributed by atoms with van der Waals surface area (Å²) in [6, 6.07) is 20.9. The Morgan fingerprint density at radius 3 is 2.00 bits per heavy atom. The number of carbonyl (C=O) groups is 2. The van der Waals surface area contributed by atoms with E-state index < -0.39 is 12.0 Å². The summed E-state index contributed by atoms with van der Waals surface area (Å²) < 4.78 is 5.26. The summed E-state index contributed by atoms with van der Waals surface area (Å²) in [5.41, 5.74) is 1.34. The second-order valence-corrected chi connectivity index (χ2v) is 5.96. The smallest absolute Gasteiger partial charge is 0.305 e. The first kappa shape index (κ1) is 18.4. The molecule has 3 rings (SSSR count). The number of nitrogens with zero attached hydrogens (tertiary/aromatic N) is 1. The van der Waals surface area contributed by atoms with Crippen molar-refractivity contribution in [3.63, 3.8) is 0 Å². The number of benzene rings is 2. The molecular weight excluding hydrogens is 344 g/mol. The van der Waals surface area contributed by atoms with Crippen LogP contribution >= 0.6 is 0 Å². The molecule has 1 amide bonds. The molecule has 1 aromatic heterocycles. The minimum atomic E-state index is -1.05. The Kier molecular flexibility index (Phi) is 6.02. The monoisotopic (exact) mass is 364 g/mol. The first-order chi connectivity index (χ1) is 13.1. The number of hydrogen-bond donors (Lipinski definition) is 2. The first-order valence-corrected chi connectivity index (χ1v) is 8.57. The number of para-hydroxylation sites is 2. The van der Waals surface area contributed by atoms with E-state index in [1.54, 1.807) is 12.1 Å². The van der Waals surface area contributed by atoms with Gasteiger partial charge in [0.1, 0.15) is 5.76 Å². The Morgan fingerprint density at radius 1 is 0.926 bits per heavy atom. The topological polar surface area (TPSA) is 82.8 Å². The highest BCUT2D eigenvalue weighted by atomic mass is 16.4. The van der Waals surface area contributed by atoms with E-state index in [1.165, 1.54) is 11.2 Å². The molecule has 0 fully saturated rings. The van der Waals surface area contributed by atoms with Crippen LogP contribution < -0.4 is 10.2 Å². The van der Waals surface area contributed by atoms with Crippen LogP contribution in [0.2, 0.25) is 0 Å². The SMILES string of the molecule is O=C(O)CC(NCc1ccco1)C(=O)N(c1ccccc1)c1ccccc1. The molecule has 1 unspecified atom stereocenters. The highest BCUT2D eigenvalue weighted by molar-refractivity contribution is 6.04. The van der Waals surface area contributed by atoms with Crippen molar-refractivity contribution in [1.82, 2.24) is 5.32 Å². The number of amides is 1. The molecule has 1 atom stereocenters. The fourth-order valence-electron chi connectivity index (χ4n) is 2.77. The second kappa shape index (κ2) is 8.82. The summed E-state index contributed by atoms with van der Waals surface area (Å²) in [6.07, 6.45) is 1.20. The predicted octanol–water partition coefficient (Wildman–Crippen LogP) is 3.58. The van der Waals surface area contributed by atoms with Crippen molar-refractivity contribution in [2.75, 3.05) is 4.90 Å². The van der Waals surface area contributed by atoms with Gasteiger partial charge in [-0.05, 0) is 36.4 Å². The lowest BCUT2D eigenvalue weighted by Gasteiger charge is -2.27. The lowest BCUT2D eigenvalue weighted by molar-refractivity contribution is -0.139. The van der Waals surface area contributed by atoms with Gasteiger partial charge in [0.2, 0.25) is 5.91 Å². The summed E-state index contributed by atoms with van der Waals surface area (Å²) in [5.74, 6) is -0.771. The van der Waals surface area contributed by atoms with E-state index in [9.17, 15) is 14.7 Å². The number of carboxylic acid groups (broad SMARTS) is 1. The molecule has 6 nitrogen and oxygen atoms in total. The molecule has 0 aliphatic heterocycles. The van der Waals surface area contributed by atoms with E-state index in [0.29, 0.717) is 17.1 Å². The molecule has 0 saturated carbocycles. The summed E-state index contributed by atoms with van der Waals surface area (Å²) in [4.78, 5) is 26.2. The number of nitrogens with one attached hydrogen (secondary N) is 1. The molecule has 0 bridgehead atoms. The maximum Gasteiger partial charge on any atom is 0.305 e. The van der Waals surface area contributed by atoms with Crippen LogP contribution in [-0.4, -0.2) is 23.0 Å². The second-order valence-electron chi connectivity index (χ2n) is 5.96. The molecule has 2 N–H and O–H groups in total. The number of anilines is 2. The molecule has 1 heterocycles. The lowest BCUT2D eigenvalue weighted by Crippen LogP contribution is -2.45. The molecule has 3 aromatic rings. The average molecular weight is 364 g/mol. The highest BCUT2D eigenvalue weighted by Crippen LogP contribution is 2.26. The minimum Gasteiger partial charge on any atom is -0.481 e. The number of rotatable bonds is 8. The van der Waals surface area contributed by atoms with Crippen LogP contribution in [0, 0.1) is 0 Å². The largest absolute Gasteiger partial charge is 0.481 e. The van der Waals surface area contributed by atoms with Gasteiger partial charge < -0.3 is 9.52 Å². The number of furan rings is 1. The molecule has 0 spiro atoms. The standard InChI is InChI=1S/C21H20N2O4/c24-20(25)14-19(22-15-18-12-7-13-27-18)21(26)23(16-8-3-1-4-9-16)17-10-5-2-6-11-17/h1-13,19,22H,14-15H2,(H,24,25). The van der Waals surface area contributed by atoms with Crippen LogP contribution in [0.3, 0.4) is 0 Å². The zero-order valence-corrected chi connectivity index (χ0v) is 14.6. The molecule has 6 heteroatoms. The van der Waals surface area contributed by atoms with Gasteiger partial charge in [0.25, 0.3) is 0 Å². The molecule has 2 aromatic carbocycles. The number of aliphatic carboxylic acids is 1. The van der Waals surface area contributed by atoms with Gasteiger partial charge in [-0.25, -0.2) is 0 Å². The van der Waals surface area contributed by atoms with Crippen molar-refractivity contribution in [3.8, 4) is 0 Å². The van der Waals surface area contributed by atoms with Gasteiger partial charge in [-0.1, -0.05) is 36.4 Å². The Labute approximate surface area is 157 Å². The fraction of sp³-hybridized carbons (Fsp3) is 0.143. The molecule has 138 valence electrons. The van der Waals surface area contributed by atoms with E-state index in [4.69, 9.17) is 4.42 Å². The van der Waals surface area contributed by atoms with Crippen LogP contribution in [-0.2, 0) is 16.1 Å². The summed E-state index contributed by atoms with van der Waals surface area (Å²) in [5, 5.41) is 12.3. The molecule has 0 aliphatic rings. The van der Waals surface area contributed by atoms with Crippen LogP contribution in [0.5, 0.6) is 0 Å². The zero-order chi connectivity index (χ0) is 19.1. The average Bonchev–Trinajstić information content (AvgIpc) is 3.20. The van der Waals surface area contributed by atoms with Crippen molar-refractivity contribution in [2.45, 2.75) is 19.0 Å². The van der Waals surface area contributed by atoms with Gasteiger partial charge in [-0.2, -0.15) is 0 Å². The van der Waals surface area contributed by atoms with Gasteiger partial charge in [-0.3, -0.25) is 19.8 Å². The van der Waals surface area contributed by atoms with Crippen LogP contribution in [0.15, 0.2) is 83.5 Å². The number of carboxylic acids is 1. The van der Waals surface area contributed by atoms with Crippen LogP contribution in [0.1, 0.15) is 12.2 Å². The quantitative estimate of drug-likeness (QED) is 0.638. The molecule has 0 radical (unpaired) electrons.